The van der Waals surface area contributed by atoms with E-state index >= 15 is 0 Å². The minimum atomic E-state index is -3.76. The molecule has 2 heterocycles. The summed E-state index contributed by atoms with van der Waals surface area (Å²) in [5.41, 5.74) is 0.939. The molecule has 0 saturated carbocycles. The van der Waals surface area contributed by atoms with Crippen LogP contribution in [-0.4, -0.2) is 81.3 Å². The molecule has 3 atom stereocenters. The molecular weight excluding hydrogens is 651 g/mol. The second-order valence-electron chi connectivity index (χ2n) is 15.5. The zero-order chi connectivity index (χ0) is 36.1. The molecule has 0 aliphatic carbocycles. The number of ether oxygens (including phenoxy) is 2. The van der Waals surface area contributed by atoms with Crippen molar-refractivity contribution in [2.75, 3.05) is 25.9 Å². The topological polar surface area (TPSA) is 123 Å². The van der Waals surface area contributed by atoms with Crippen molar-refractivity contribution >= 4 is 36.9 Å². The Morgan fingerprint density at radius 1 is 0.979 bits per heavy atom. The maximum absolute atomic E-state index is 14.9. The van der Waals surface area contributed by atoms with Crippen molar-refractivity contribution in [3.63, 3.8) is 0 Å². The maximum Gasteiger partial charge on any atom is 0.419 e. The molecule has 2 amide bonds. The molecule has 0 bridgehead atoms. The molecule has 3 rings (SSSR count). The number of carboxylic acid groups (broad SMARTS) is 1. The SMILES string of the molecule is CCOP1(=O)CCN(Cc2ccccc2-c2ccsc2)C(C(C)(C)C)C1(CCCCN(C(=O)OC(C)(C)C)C(=O)OC(C)(C)C)C(=O)O. The van der Waals surface area contributed by atoms with Gasteiger partial charge in [0.1, 0.15) is 11.2 Å². The van der Waals surface area contributed by atoms with Crippen LogP contribution in [0.2, 0.25) is 0 Å². The summed E-state index contributed by atoms with van der Waals surface area (Å²) in [5, 5.41) is 13.6. The number of rotatable bonds is 11. The number of carbonyl (C=O) groups is 3. The lowest BCUT2D eigenvalue weighted by Crippen LogP contribution is -2.66. The van der Waals surface area contributed by atoms with Crippen molar-refractivity contribution in [1.82, 2.24) is 9.80 Å². The maximum atomic E-state index is 14.9. The Labute approximate surface area is 290 Å². The Bertz CT molecular complexity index is 1430. The van der Waals surface area contributed by atoms with Gasteiger partial charge in [0.25, 0.3) is 0 Å². The predicted octanol–water partition coefficient (Wildman–Crippen LogP) is 9.13. The fourth-order valence-electron chi connectivity index (χ4n) is 6.71. The van der Waals surface area contributed by atoms with Crippen LogP contribution in [0.25, 0.3) is 11.1 Å². The fraction of sp³-hybridized carbons (Fsp3) is 0.639. The monoisotopic (exact) mass is 706 g/mol. The first kappa shape index (κ1) is 39.7. The molecular formula is C36H55N2O8PS. The van der Waals surface area contributed by atoms with Gasteiger partial charge in [0.05, 0.1) is 6.61 Å². The van der Waals surface area contributed by atoms with Gasteiger partial charge >= 0.3 is 18.2 Å². The third kappa shape index (κ3) is 9.49. The van der Waals surface area contributed by atoms with Gasteiger partial charge < -0.3 is 19.1 Å². The number of hydrogen-bond acceptors (Lipinski definition) is 9. The van der Waals surface area contributed by atoms with Crippen molar-refractivity contribution < 1.29 is 38.1 Å². The van der Waals surface area contributed by atoms with Crippen molar-refractivity contribution in [3.8, 4) is 11.1 Å². The van der Waals surface area contributed by atoms with E-state index in [1.54, 1.807) is 59.8 Å². The Kier molecular flexibility index (Phi) is 12.8. The van der Waals surface area contributed by atoms with Gasteiger partial charge in [-0.15, -0.1) is 0 Å². The summed E-state index contributed by atoms with van der Waals surface area (Å²) in [6.07, 6.45) is -1.05. The molecule has 12 heteroatoms. The van der Waals surface area contributed by atoms with Crippen LogP contribution in [-0.2, 0) is 29.9 Å². The van der Waals surface area contributed by atoms with Crippen molar-refractivity contribution in [2.24, 2.45) is 5.41 Å². The first-order valence-electron chi connectivity index (χ1n) is 16.7. The Morgan fingerprint density at radius 2 is 1.58 bits per heavy atom. The van der Waals surface area contributed by atoms with Gasteiger partial charge in [-0.1, -0.05) is 45.0 Å². The van der Waals surface area contributed by atoms with Crippen LogP contribution < -0.4 is 0 Å². The van der Waals surface area contributed by atoms with Gasteiger partial charge in [0, 0.05) is 31.8 Å². The van der Waals surface area contributed by atoms with Crippen LogP contribution in [0.1, 0.15) is 94.1 Å². The van der Waals surface area contributed by atoms with Gasteiger partial charge in [-0.3, -0.25) is 14.3 Å². The number of carboxylic acids is 1. The second-order valence-corrected chi connectivity index (χ2v) is 19.2. The Hall–Kier alpha value is -2.72. The minimum absolute atomic E-state index is 0.0285. The zero-order valence-corrected chi connectivity index (χ0v) is 32.0. The highest BCUT2D eigenvalue weighted by Gasteiger charge is 2.66. The normalized spacial score (nSPS) is 22.2. The van der Waals surface area contributed by atoms with E-state index < -0.39 is 53.3 Å². The van der Waals surface area contributed by atoms with Crippen LogP contribution in [0.15, 0.2) is 41.1 Å². The Balaban J connectivity index is 1.99. The quantitative estimate of drug-likeness (QED) is 0.180. The summed E-state index contributed by atoms with van der Waals surface area (Å²) in [6.45, 7) is 18.9. The molecule has 10 nitrogen and oxygen atoms in total. The number of aliphatic carboxylic acids is 1. The molecule has 1 aliphatic heterocycles. The summed E-state index contributed by atoms with van der Waals surface area (Å²) < 4.78 is 31.9. The number of thiophene rings is 1. The first-order valence-corrected chi connectivity index (χ1v) is 19.5. The third-order valence-corrected chi connectivity index (χ3v) is 12.3. The van der Waals surface area contributed by atoms with E-state index in [0.29, 0.717) is 13.1 Å². The van der Waals surface area contributed by atoms with Crippen LogP contribution >= 0.6 is 18.7 Å². The summed E-state index contributed by atoms with van der Waals surface area (Å²) in [5.74, 6) is -1.16. The van der Waals surface area contributed by atoms with Gasteiger partial charge in [-0.05, 0) is 107 Å². The minimum Gasteiger partial charge on any atom is -0.480 e. The van der Waals surface area contributed by atoms with Crippen molar-refractivity contribution in [2.45, 2.75) is 117 Å². The molecule has 48 heavy (non-hydrogen) atoms. The van der Waals surface area contributed by atoms with Gasteiger partial charge in [-0.2, -0.15) is 11.3 Å². The van der Waals surface area contributed by atoms with E-state index in [-0.39, 0.29) is 38.6 Å². The van der Waals surface area contributed by atoms with Crippen LogP contribution in [0.5, 0.6) is 0 Å². The highest BCUT2D eigenvalue weighted by molar-refractivity contribution is 7.62. The molecule has 2 aromatic rings. The number of benzene rings is 1. The predicted molar refractivity (Wildman–Crippen MR) is 191 cm³/mol. The van der Waals surface area contributed by atoms with Gasteiger partial charge in [0.15, 0.2) is 5.16 Å². The molecule has 0 radical (unpaired) electrons. The average Bonchev–Trinajstić information content (AvgIpc) is 3.47. The summed E-state index contributed by atoms with van der Waals surface area (Å²) in [7, 11) is -3.76. The number of carbonyl (C=O) groups excluding carboxylic acids is 2. The second kappa shape index (κ2) is 15.4. The smallest absolute Gasteiger partial charge is 0.419 e. The lowest BCUT2D eigenvalue weighted by molar-refractivity contribution is -0.146. The molecule has 1 N–H and O–H groups in total. The van der Waals surface area contributed by atoms with Crippen molar-refractivity contribution in [1.29, 1.82) is 0 Å². The standard InChI is InChI=1S/C36H55N2O8PS/c1-11-44-47(43)22-21-37(24-26-16-12-13-17-28(26)27-18-23-48-25-27)29(33(2,3)4)36(47,30(39)40)19-14-15-20-38(31(41)45-34(5,6)7)32(42)46-35(8,9)10/h12-13,16-18,23,25,29H,11,14-15,19-22,24H2,1-10H3,(H,39,40). The van der Waals surface area contributed by atoms with Gasteiger partial charge in [0.2, 0.25) is 7.37 Å². The first-order chi connectivity index (χ1) is 22.1. The summed E-state index contributed by atoms with van der Waals surface area (Å²) in [4.78, 5) is 43.0. The lowest BCUT2D eigenvalue weighted by atomic mass is 9.74. The fourth-order valence-corrected chi connectivity index (χ4v) is 10.8. The number of unbranched alkanes of at least 4 members (excludes halogenated alkanes) is 1. The molecule has 1 fully saturated rings. The molecule has 1 saturated heterocycles. The summed E-state index contributed by atoms with van der Waals surface area (Å²) >= 11 is 1.62. The Morgan fingerprint density at radius 3 is 2.08 bits per heavy atom. The lowest BCUT2D eigenvalue weighted by Gasteiger charge is -2.55. The molecule has 1 aromatic carbocycles. The molecule has 1 aliphatic rings. The van der Waals surface area contributed by atoms with E-state index in [0.717, 1.165) is 21.6 Å². The van der Waals surface area contributed by atoms with Gasteiger partial charge in [-0.25, -0.2) is 14.5 Å². The van der Waals surface area contributed by atoms with Crippen LogP contribution in [0, 0.1) is 5.41 Å². The molecule has 268 valence electrons. The number of nitrogens with zero attached hydrogens (tertiary/aromatic N) is 2. The molecule has 3 unspecified atom stereocenters. The molecule has 1 aromatic heterocycles. The van der Waals surface area contributed by atoms with Crippen LogP contribution in [0.3, 0.4) is 0 Å². The summed E-state index contributed by atoms with van der Waals surface area (Å²) in [6, 6.07) is 9.53. The van der Waals surface area contributed by atoms with E-state index in [2.05, 4.69) is 28.5 Å². The van der Waals surface area contributed by atoms with Crippen LogP contribution in [0.4, 0.5) is 9.59 Å². The highest BCUT2D eigenvalue weighted by atomic mass is 32.1. The number of hydrogen-bond donors (Lipinski definition) is 1. The highest BCUT2D eigenvalue weighted by Crippen LogP contribution is 2.67. The number of amides is 2. The van der Waals surface area contributed by atoms with Crippen molar-refractivity contribution in [3.05, 3.63) is 46.7 Å². The third-order valence-electron chi connectivity index (χ3n) is 8.28. The van der Waals surface area contributed by atoms with E-state index in [1.165, 1.54) is 0 Å². The van der Waals surface area contributed by atoms with E-state index in [1.807, 2.05) is 38.3 Å². The zero-order valence-electron chi connectivity index (χ0n) is 30.3. The van der Waals surface area contributed by atoms with E-state index in [4.69, 9.17) is 14.0 Å². The molecule has 0 spiro atoms. The largest absolute Gasteiger partial charge is 0.480 e. The average molecular weight is 707 g/mol. The van der Waals surface area contributed by atoms with E-state index in [9.17, 15) is 24.1 Å². The number of imide groups is 1.